The highest BCUT2D eigenvalue weighted by Gasteiger charge is 1.99. The van der Waals surface area contributed by atoms with Crippen molar-refractivity contribution in [3.05, 3.63) is 58.6 Å². The largest absolute Gasteiger partial charge is 0.312 e. The van der Waals surface area contributed by atoms with E-state index in [2.05, 4.69) is 34.4 Å². The van der Waals surface area contributed by atoms with Crippen LogP contribution >= 0.6 is 11.3 Å². The number of rotatable bonds is 6. The fraction of sp³-hybridized carbons (Fsp3) is 0.267. The van der Waals surface area contributed by atoms with Crippen molar-refractivity contribution < 1.29 is 0 Å². The minimum Gasteiger partial charge on any atom is -0.312 e. The Labute approximate surface area is 112 Å². The molecule has 0 aliphatic rings. The van der Waals surface area contributed by atoms with Gasteiger partial charge in [-0.15, -0.1) is 11.3 Å². The van der Waals surface area contributed by atoms with Crippen LogP contribution in [-0.4, -0.2) is 18.1 Å². The molecule has 18 heavy (non-hydrogen) atoms. The Hall–Kier alpha value is -1.45. The van der Waals surface area contributed by atoms with Crippen LogP contribution in [0.2, 0.25) is 0 Å². The van der Waals surface area contributed by atoms with Crippen LogP contribution in [0.3, 0.4) is 0 Å². The number of hydrogen-bond donors (Lipinski definition) is 1. The molecule has 0 spiro atoms. The molecule has 1 N–H and O–H groups in total. The summed E-state index contributed by atoms with van der Waals surface area (Å²) in [5.74, 6) is 0. The number of hydrogen-bond acceptors (Lipinski definition) is 3. The molecule has 2 nitrogen and oxygen atoms in total. The van der Waals surface area contributed by atoms with Crippen LogP contribution in [0.5, 0.6) is 0 Å². The van der Waals surface area contributed by atoms with Crippen molar-refractivity contribution in [2.45, 2.75) is 13.3 Å². The predicted octanol–water partition coefficient (Wildman–Crippen LogP) is 3.30. The number of benzene rings is 1. The van der Waals surface area contributed by atoms with Gasteiger partial charge in [0.15, 0.2) is 0 Å². The summed E-state index contributed by atoms with van der Waals surface area (Å²) in [5.41, 5.74) is 3.51. The summed E-state index contributed by atoms with van der Waals surface area (Å²) in [6.45, 7) is 7.90. The van der Waals surface area contributed by atoms with Crippen molar-refractivity contribution in [3.8, 4) is 0 Å². The van der Waals surface area contributed by atoms with Crippen LogP contribution in [0.25, 0.3) is 5.57 Å². The third-order valence-electron chi connectivity index (χ3n) is 2.74. The van der Waals surface area contributed by atoms with Gasteiger partial charge in [-0.3, -0.25) is 0 Å². The monoisotopic (exact) mass is 258 g/mol. The van der Waals surface area contributed by atoms with E-state index in [1.165, 1.54) is 11.3 Å². The average molecular weight is 258 g/mol. The first-order valence-corrected chi connectivity index (χ1v) is 6.98. The highest BCUT2D eigenvalue weighted by Crippen LogP contribution is 2.10. The van der Waals surface area contributed by atoms with Gasteiger partial charge in [-0.05, 0) is 18.1 Å². The Morgan fingerprint density at radius 1 is 1.33 bits per heavy atom. The Morgan fingerprint density at radius 2 is 2.11 bits per heavy atom. The van der Waals surface area contributed by atoms with E-state index in [0.29, 0.717) is 0 Å². The van der Waals surface area contributed by atoms with Gasteiger partial charge in [0.25, 0.3) is 0 Å². The highest BCUT2D eigenvalue weighted by atomic mass is 32.1. The SMILES string of the molecule is C=C(CNCCc1csc(C)n1)c1ccccc1. The molecule has 0 saturated heterocycles. The Bertz CT molecular complexity index is 502. The molecular formula is C15H18N2S. The van der Waals surface area contributed by atoms with Crippen LogP contribution in [-0.2, 0) is 6.42 Å². The summed E-state index contributed by atoms with van der Waals surface area (Å²) in [6.07, 6.45) is 0.979. The molecule has 0 radical (unpaired) electrons. The molecule has 1 aromatic heterocycles. The normalized spacial score (nSPS) is 10.5. The first-order valence-electron chi connectivity index (χ1n) is 6.10. The van der Waals surface area contributed by atoms with Crippen molar-refractivity contribution in [1.82, 2.24) is 10.3 Å². The molecule has 0 saturated carbocycles. The maximum Gasteiger partial charge on any atom is 0.0897 e. The fourth-order valence-electron chi connectivity index (χ4n) is 1.75. The smallest absolute Gasteiger partial charge is 0.0897 e. The molecule has 94 valence electrons. The maximum absolute atomic E-state index is 4.44. The molecule has 0 atom stereocenters. The van der Waals surface area contributed by atoms with E-state index in [0.717, 1.165) is 30.1 Å². The van der Waals surface area contributed by atoms with Crippen LogP contribution in [0.1, 0.15) is 16.3 Å². The number of thiazole rings is 1. The Kier molecular flexibility index (Phi) is 4.67. The van der Waals surface area contributed by atoms with Crippen molar-refractivity contribution in [2.24, 2.45) is 0 Å². The van der Waals surface area contributed by atoms with Crippen LogP contribution in [0, 0.1) is 6.92 Å². The lowest BCUT2D eigenvalue weighted by atomic mass is 10.1. The zero-order chi connectivity index (χ0) is 12.8. The number of nitrogens with zero attached hydrogens (tertiary/aromatic N) is 1. The summed E-state index contributed by atoms with van der Waals surface area (Å²) in [4.78, 5) is 4.44. The molecule has 0 aliphatic heterocycles. The molecule has 0 bridgehead atoms. The van der Waals surface area contributed by atoms with Gasteiger partial charge >= 0.3 is 0 Å². The van der Waals surface area contributed by atoms with Gasteiger partial charge in [0.1, 0.15) is 0 Å². The van der Waals surface area contributed by atoms with E-state index >= 15 is 0 Å². The molecule has 0 fully saturated rings. The molecular weight excluding hydrogens is 240 g/mol. The van der Waals surface area contributed by atoms with Crippen molar-refractivity contribution >= 4 is 16.9 Å². The third-order valence-corrected chi connectivity index (χ3v) is 3.57. The molecule has 0 amide bonds. The zero-order valence-electron chi connectivity index (χ0n) is 10.6. The summed E-state index contributed by atoms with van der Waals surface area (Å²) < 4.78 is 0. The van der Waals surface area contributed by atoms with Gasteiger partial charge in [0.05, 0.1) is 10.7 Å². The zero-order valence-corrected chi connectivity index (χ0v) is 11.5. The third kappa shape index (κ3) is 3.79. The van der Waals surface area contributed by atoms with E-state index in [1.807, 2.05) is 25.1 Å². The Balaban J connectivity index is 1.71. The van der Waals surface area contributed by atoms with Gasteiger partial charge in [-0.1, -0.05) is 36.9 Å². The summed E-state index contributed by atoms with van der Waals surface area (Å²) in [6, 6.07) is 10.3. The van der Waals surface area contributed by atoms with Gasteiger partial charge in [-0.2, -0.15) is 0 Å². The quantitative estimate of drug-likeness (QED) is 0.804. The molecule has 1 heterocycles. The van der Waals surface area contributed by atoms with Crippen molar-refractivity contribution in [2.75, 3.05) is 13.1 Å². The van der Waals surface area contributed by atoms with E-state index in [9.17, 15) is 0 Å². The Morgan fingerprint density at radius 3 is 2.78 bits per heavy atom. The molecule has 2 rings (SSSR count). The molecule has 3 heteroatoms. The minimum atomic E-state index is 0.827. The van der Waals surface area contributed by atoms with E-state index in [4.69, 9.17) is 0 Å². The average Bonchev–Trinajstić information content (AvgIpc) is 2.81. The standard InChI is InChI=1S/C15H18N2S/c1-12(14-6-4-3-5-7-14)10-16-9-8-15-11-18-13(2)17-15/h3-7,11,16H,1,8-10H2,2H3. The molecule has 2 aromatic rings. The topological polar surface area (TPSA) is 24.9 Å². The second kappa shape index (κ2) is 6.47. The van der Waals surface area contributed by atoms with Gasteiger partial charge in [-0.25, -0.2) is 4.98 Å². The lowest BCUT2D eigenvalue weighted by molar-refractivity contribution is 0.742. The van der Waals surface area contributed by atoms with Crippen LogP contribution in [0.4, 0.5) is 0 Å². The van der Waals surface area contributed by atoms with Crippen LogP contribution in [0.15, 0.2) is 42.3 Å². The fourth-order valence-corrected chi connectivity index (χ4v) is 2.40. The lowest BCUT2D eigenvalue weighted by Crippen LogP contribution is -2.19. The first-order chi connectivity index (χ1) is 8.75. The summed E-state index contributed by atoms with van der Waals surface area (Å²) in [5, 5.41) is 6.67. The second-order valence-corrected chi connectivity index (χ2v) is 5.32. The van der Waals surface area contributed by atoms with Gasteiger partial charge in [0, 0.05) is 24.9 Å². The van der Waals surface area contributed by atoms with E-state index in [-0.39, 0.29) is 0 Å². The van der Waals surface area contributed by atoms with Crippen LogP contribution < -0.4 is 5.32 Å². The second-order valence-electron chi connectivity index (χ2n) is 4.25. The molecule has 1 aromatic carbocycles. The maximum atomic E-state index is 4.44. The first kappa shape index (κ1) is 13.0. The predicted molar refractivity (Wildman–Crippen MR) is 78.9 cm³/mol. The van der Waals surface area contributed by atoms with Gasteiger partial charge in [0.2, 0.25) is 0 Å². The lowest BCUT2D eigenvalue weighted by Gasteiger charge is -2.07. The summed E-state index contributed by atoms with van der Waals surface area (Å²) >= 11 is 1.71. The summed E-state index contributed by atoms with van der Waals surface area (Å²) in [7, 11) is 0. The van der Waals surface area contributed by atoms with Crippen molar-refractivity contribution in [1.29, 1.82) is 0 Å². The van der Waals surface area contributed by atoms with E-state index in [1.54, 1.807) is 11.3 Å². The van der Waals surface area contributed by atoms with E-state index < -0.39 is 0 Å². The molecule has 0 unspecified atom stereocenters. The number of nitrogens with one attached hydrogen (secondary N) is 1. The number of aromatic nitrogens is 1. The molecule has 0 aliphatic carbocycles. The van der Waals surface area contributed by atoms with Gasteiger partial charge < -0.3 is 5.32 Å². The highest BCUT2D eigenvalue weighted by molar-refractivity contribution is 7.09. The minimum absolute atomic E-state index is 0.827. The number of aryl methyl sites for hydroxylation is 1. The van der Waals surface area contributed by atoms with Crippen molar-refractivity contribution in [3.63, 3.8) is 0 Å².